The molecule has 0 aliphatic carbocycles. The third-order valence-electron chi connectivity index (χ3n) is 3.13. The molecule has 0 saturated heterocycles. The summed E-state index contributed by atoms with van der Waals surface area (Å²) in [6.45, 7) is 6.48. The zero-order valence-corrected chi connectivity index (χ0v) is 10.9. The SMILES string of the molecule is CCC(C)c1cc(C)cc2c1OCS(=O)C2. The van der Waals surface area contributed by atoms with Gasteiger partial charge in [-0.05, 0) is 24.8 Å². The van der Waals surface area contributed by atoms with Crippen LogP contribution in [-0.2, 0) is 16.6 Å². The van der Waals surface area contributed by atoms with Crippen LogP contribution in [0.2, 0.25) is 0 Å². The molecule has 0 aromatic heterocycles. The van der Waals surface area contributed by atoms with Crippen LogP contribution >= 0.6 is 0 Å². The van der Waals surface area contributed by atoms with Gasteiger partial charge in [0.25, 0.3) is 0 Å². The lowest BCUT2D eigenvalue weighted by Crippen LogP contribution is -2.17. The van der Waals surface area contributed by atoms with Crippen molar-refractivity contribution in [2.45, 2.75) is 38.9 Å². The molecule has 16 heavy (non-hydrogen) atoms. The van der Waals surface area contributed by atoms with Gasteiger partial charge in [-0.2, -0.15) is 0 Å². The highest BCUT2D eigenvalue weighted by atomic mass is 32.2. The molecule has 1 aromatic carbocycles. The van der Waals surface area contributed by atoms with Crippen LogP contribution in [0.1, 0.15) is 42.9 Å². The first-order valence-corrected chi connectivity index (χ1v) is 7.21. The minimum atomic E-state index is -0.856. The molecule has 1 heterocycles. The molecule has 2 nitrogen and oxygen atoms in total. The second-order valence-corrected chi connectivity index (χ2v) is 5.90. The molecule has 2 rings (SSSR count). The van der Waals surface area contributed by atoms with E-state index < -0.39 is 10.8 Å². The number of ether oxygens (including phenoxy) is 1. The van der Waals surface area contributed by atoms with Gasteiger partial charge in [-0.25, -0.2) is 0 Å². The summed E-state index contributed by atoms with van der Waals surface area (Å²) in [7, 11) is -0.856. The van der Waals surface area contributed by atoms with Crippen LogP contribution in [0.25, 0.3) is 0 Å². The summed E-state index contributed by atoms with van der Waals surface area (Å²) in [5, 5.41) is 0. The van der Waals surface area contributed by atoms with Gasteiger partial charge in [-0.15, -0.1) is 0 Å². The summed E-state index contributed by atoms with van der Waals surface area (Å²) >= 11 is 0. The van der Waals surface area contributed by atoms with E-state index >= 15 is 0 Å². The second-order valence-electron chi connectivity index (χ2n) is 4.50. The quantitative estimate of drug-likeness (QED) is 0.791. The molecule has 1 aliphatic rings. The van der Waals surface area contributed by atoms with Gasteiger partial charge in [-0.3, -0.25) is 4.21 Å². The Morgan fingerprint density at radius 2 is 2.25 bits per heavy atom. The molecule has 1 aromatic rings. The Kier molecular flexibility index (Phi) is 3.33. The van der Waals surface area contributed by atoms with Crippen molar-refractivity contribution in [2.24, 2.45) is 0 Å². The van der Waals surface area contributed by atoms with Crippen molar-refractivity contribution in [1.82, 2.24) is 0 Å². The van der Waals surface area contributed by atoms with Crippen LogP contribution in [0.4, 0.5) is 0 Å². The van der Waals surface area contributed by atoms with E-state index in [-0.39, 0.29) is 0 Å². The van der Waals surface area contributed by atoms with Crippen LogP contribution in [-0.4, -0.2) is 10.1 Å². The molecule has 1 aliphatic heterocycles. The first-order chi connectivity index (χ1) is 7.61. The maximum atomic E-state index is 11.5. The predicted octanol–water partition coefficient (Wildman–Crippen LogP) is 3.11. The van der Waals surface area contributed by atoms with E-state index in [0.29, 0.717) is 17.6 Å². The molecule has 88 valence electrons. The Morgan fingerprint density at radius 3 is 2.94 bits per heavy atom. The fourth-order valence-corrected chi connectivity index (χ4v) is 2.98. The van der Waals surface area contributed by atoms with Crippen molar-refractivity contribution in [3.63, 3.8) is 0 Å². The highest BCUT2D eigenvalue weighted by Gasteiger charge is 2.21. The lowest BCUT2D eigenvalue weighted by atomic mass is 9.94. The van der Waals surface area contributed by atoms with Crippen molar-refractivity contribution >= 4 is 10.8 Å². The zero-order valence-electron chi connectivity index (χ0n) is 10.1. The molecule has 0 amide bonds. The van der Waals surface area contributed by atoms with E-state index in [2.05, 4.69) is 32.9 Å². The van der Waals surface area contributed by atoms with Gasteiger partial charge in [-0.1, -0.05) is 31.5 Å². The summed E-state index contributed by atoms with van der Waals surface area (Å²) in [6, 6.07) is 4.29. The third-order valence-corrected chi connectivity index (χ3v) is 4.15. The van der Waals surface area contributed by atoms with Gasteiger partial charge in [0, 0.05) is 5.56 Å². The average molecular weight is 238 g/mol. The van der Waals surface area contributed by atoms with E-state index in [4.69, 9.17) is 4.74 Å². The fraction of sp³-hybridized carbons (Fsp3) is 0.538. The van der Waals surface area contributed by atoms with Crippen LogP contribution in [0.15, 0.2) is 12.1 Å². The van der Waals surface area contributed by atoms with Gasteiger partial charge < -0.3 is 4.74 Å². The first-order valence-electron chi connectivity index (χ1n) is 5.73. The van der Waals surface area contributed by atoms with E-state index in [1.165, 1.54) is 11.1 Å². The molecule has 0 radical (unpaired) electrons. The van der Waals surface area contributed by atoms with Gasteiger partial charge in [0.2, 0.25) is 0 Å². The number of hydrogen-bond donors (Lipinski definition) is 0. The van der Waals surface area contributed by atoms with Crippen LogP contribution in [0, 0.1) is 6.92 Å². The Balaban J connectivity index is 2.49. The third kappa shape index (κ3) is 2.14. The average Bonchev–Trinajstić information content (AvgIpc) is 2.26. The van der Waals surface area contributed by atoms with Crippen LogP contribution in [0.3, 0.4) is 0 Å². The largest absolute Gasteiger partial charge is 0.480 e. The Bertz CT molecular complexity index is 426. The molecule has 0 spiro atoms. The fourth-order valence-electron chi connectivity index (χ4n) is 2.09. The van der Waals surface area contributed by atoms with Crippen molar-refractivity contribution < 1.29 is 8.95 Å². The minimum absolute atomic E-state index is 0.347. The summed E-state index contributed by atoms with van der Waals surface area (Å²) in [4.78, 5) is 0. The van der Waals surface area contributed by atoms with Crippen LogP contribution < -0.4 is 4.74 Å². The number of rotatable bonds is 2. The molecule has 2 atom stereocenters. The molecule has 0 fully saturated rings. The van der Waals surface area contributed by atoms with Crippen molar-refractivity contribution in [3.05, 3.63) is 28.8 Å². The molecule has 0 N–H and O–H groups in total. The van der Waals surface area contributed by atoms with Crippen molar-refractivity contribution in [3.8, 4) is 5.75 Å². The van der Waals surface area contributed by atoms with Gasteiger partial charge in [0.15, 0.2) is 5.94 Å². The number of aryl methyl sites for hydroxylation is 1. The lowest BCUT2D eigenvalue weighted by Gasteiger charge is -2.23. The molecular formula is C13H18O2S. The highest BCUT2D eigenvalue weighted by molar-refractivity contribution is 7.84. The summed E-state index contributed by atoms with van der Waals surface area (Å²) < 4.78 is 17.1. The first kappa shape index (κ1) is 11.6. The monoisotopic (exact) mass is 238 g/mol. The van der Waals surface area contributed by atoms with Crippen molar-refractivity contribution in [1.29, 1.82) is 0 Å². The molecule has 2 unspecified atom stereocenters. The standard InChI is InChI=1S/C13H18O2S/c1-4-10(3)12-6-9(2)5-11-7-16(14)8-15-13(11)12/h5-6,10H,4,7-8H2,1-3H3. The normalized spacial score (nSPS) is 21.1. The summed E-state index contributed by atoms with van der Waals surface area (Å²) in [6.07, 6.45) is 1.10. The summed E-state index contributed by atoms with van der Waals surface area (Å²) in [5.74, 6) is 2.47. The van der Waals surface area contributed by atoms with Gasteiger partial charge >= 0.3 is 0 Å². The number of benzene rings is 1. The molecular weight excluding hydrogens is 220 g/mol. The van der Waals surface area contributed by atoms with Crippen LogP contribution in [0.5, 0.6) is 5.75 Å². The molecule has 0 bridgehead atoms. The molecule has 3 heteroatoms. The van der Waals surface area contributed by atoms with Crippen molar-refractivity contribution in [2.75, 3.05) is 5.94 Å². The maximum absolute atomic E-state index is 11.5. The van der Waals surface area contributed by atoms with E-state index in [1.54, 1.807) is 0 Å². The minimum Gasteiger partial charge on any atom is -0.480 e. The summed E-state index contributed by atoms with van der Waals surface area (Å²) in [5.41, 5.74) is 3.62. The highest BCUT2D eigenvalue weighted by Crippen LogP contribution is 2.36. The number of fused-ring (bicyclic) bond motifs is 1. The Hall–Kier alpha value is -0.830. The Morgan fingerprint density at radius 1 is 1.50 bits per heavy atom. The smallest absolute Gasteiger partial charge is 0.163 e. The second kappa shape index (κ2) is 4.58. The topological polar surface area (TPSA) is 26.3 Å². The number of hydrogen-bond acceptors (Lipinski definition) is 2. The maximum Gasteiger partial charge on any atom is 0.163 e. The molecule has 0 saturated carbocycles. The predicted molar refractivity (Wildman–Crippen MR) is 67.2 cm³/mol. The van der Waals surface area contributed by atoms with Gasteiger partial charge in [0.1, 0.15) is 5.75 Å². The lowest BCUT2D eigenvalue weighted by molar-refractivity contribution is 0.368. The van der Waals surface area contributed by atoms with E-state index in [9.17, 15) is 4.21 Å². The van der Waals surface area contributed by atoms with Gasteiger partial charge in [0.05, 0.1) is 16.6 Å². The van der Waals surface area contributed by atoms with E-state index in [1.807, 2.05) is 0 Å². The zero-order chi connectivity index (χ0) is 11.7. The van der Waals surface area contributed by atoms with E-state index in [0.717, 1.165) is 17.7 Å². The Labute approximate surface area is 99.5 Å².